The minimum Gasteiger partial charge on any atom is -0.872 e. The van der Waals surface area contributed by atoms with E-state index in [2.05, 4.69) is 13.8 Å². The Morgan fingerprint density at radius 2 is 0.962 bits per heavy atom. The Morgan fingerprint density at radius 1 is 0.566 bits per heavy atom. The smallest absolute Gasteiger partial charge is 0.872 e. The molecule has 10 nitrogen and oxygen atoms in total. The maximum atomic E-state index is 12.0. The van der Waals surface area contributed by atoms with Crippen LogP contribution in [0.4, 0.5) is 0 Å². The first-order valence-corrected chi connectivity index (χ1v) is 20.8. The minimum atomic E-state index is -4.94. The first kappa shape index (κ1) is 46.3. The van der Waals surface area contributed by atoms with Gasteiger partial charge >= 0.3 is 47.9 Å². The van der Waals surface area contributed by atoms with Crippen molar-refractivity contribution >= 4 is 58.0 Å². The Balaban J connectivity index is 0.000000360. The Kier molecular flexibility index (Phi) is 20.8. The molecule has 0 unspecified atom stereocenters. The number of ether oxygens (including phenoxy) is 2. The average molecular weight is 795 g/mol. The van der Waals surface area contributed by atoms with Crippen molar-refractivity contribution in [1.29, 1.82) is 0 Å². The van der Waals surface area contributed by atoms with Crippen molar-refractivity contribution in [2.24, 2.45) is 0 Å². The number of para-hydroxylation sites is 2. The predicted molar refractivity (Wildman–Crippen MR) is 205 cm³/mol. The van der Waals surface area contributed by atoms with Crippen molar-refractivity contribution in [2.45, 2.75) is 114 Å². The van der Waals surface area contributed by atoms with E-state index in [1.54, 1.807) is 66.7 Å². The molecule has 0 heterocycles. The van der Waals surface area contributed by atoms with Crippen LogP contribution in [0, 0.1) is 0 Å². The molecule has 0 saturated carbocycles. The van der Waals surface area contributed by atoms with Crippen molar-refractivity contribution < 1.29 is 45.6 Å². The number of phenolic OH excluding ortho intramolecular Hbond substituents is 1. The van der Waals surface area contributed by atoms with E-state index in [4.69, 9.17) is 9.47 Å². The number of aromatic hydroxyl groups is 1. The molecule has 0 fully saturated rings. The number of hydrogen-bond donors (Lipinski definition) is 2. The largest absolute Gasteiger partial charge is 2.00 e. The van der Waals surface area contributed by atoms with Crippen LogP contribution in [-0.2, 0) is 33.1 Å². The standard InChI is InChI=1S/2C20H26O5S.Ca/c2*1-2-3-4-5-6-8-11-16-14-15-18(21)20(26(22,23)24)19(16)25-17-12-9-7-10-13-17;/h2*7,9-10,12-15,21H,2-6,8,11H2,1H3,(H,22,23,24);/q;;+2/p-2. The van der Waals surface area contributed by atoms with Crippen LogP contribution >= 0.6 is 0 Å². The van der Waals surface area contributed by atoms with Gasteiger partial charge in [-0.05, 0) is 67.1 Å². The van der Waals surface area contributed by atoms with Gasteiger partial charge in [0.05, 0.1) is 4.90 Å². The molecule has 284 valence electrons. The summed E-state index contributed by atoms with van der Waals surface area (Å²) in [4.78, 5) is -1.38. The van der Waals surface area contributed by atoms with Crippen molar-refractivity contribution in [3.8, 4) is 34.5 Å². The van der Waals surface area contributed by atoms with Gasteiger partial charge in [-0.1, -0.05) is 138 Å². The Hall–Kier alpha value is -2.84. The number of unbranched alkanes of at least 4 members (excludes halogenated alkanes) is 10. The molecule has 0 aromatic heterocycles. The molecule has 4 aromatic rings. The third-order valence-corrected chi connectivity index (χ3v) is 10.2. The van der Waals surface area contributed by atoms with E-state index in [1.807, 2.05) is 6.07 Å². The normalized spacial score (nSPS) is 11.2. The molecule has 53 heavy (non-hydrogen) atoms. The van der Waals surface area contributed by atoms with Crippen molar-refractivity contribution in [3.05, 3.63) is 96.1 Å². The summed E-state index contributed by atoms with van der Waals surface area (Å²) >= 11 is 0. The van der Waals surface area contributed by atoms with Gasteiger partial charge in [0.25, 0.3) is 0 Å². The molecule has 0 aliphatic rings. The second-order valence-electron chi connectivity index (χ2n) is 12.6. The van der Waals surface area contributed by atoms with E-state index in [0.717, 1.165) is 44.6 Å². The molecule has 0 amide bonds. The van der Waals surface area contributed by atoms with E-state index < -0.39 is 41.5 Å². The van der Waals surface area contributed by atoms with Crippen molar-refractivity contribution in [2.75, 3.05) is 0 Å². The maximum Gasteiger partial charge on any atom is 2.00 e. The van der Waals surface area contributed by atoms with Crippen LogP contribution in [-0.4, -0.2) is 68.8 Å². The summed E-state index contributed by atoms with van der Waals surface area (Å²) in [5, 5.41) is 22.0. The number of phenols is 1. The van der Waals surface area contributed by atoms with E-state index in [-0.39, 0.29) is 49.2 Å². The predicted octanol–water partition coefficient (Wildman–Crippen LogP) is 9.31. The van der Waals surface area contributed by atoms with Gasteiger partial charge in [0.15, 0.2) is 10.6 Å². The fraction of sp³-hybridized carbons (Fsp3) is 0.400. The zero-order valence-electron chi connectivity index (χ0n) is 30.7. The molecular formula is C40H50CaO10S2. The van der Waals surface area contributed by atoms with Gasteiger partial charge in [-0.2, -0.15) is 8.42 Å². The van der Waals surface area contributed by atoms with Crippen molar-refractivity contribution in [1.82, 2.24) is 0 Å². The maximum absolute atomic E-state index is 12.0. The molecule has 0 atom stereocenters. The van der Waals surface area contributed by atoms with Gasteiger partial charge < -0.3 is 24.2 Å². The summed E-state index contributed by atoms with van der Waals surface area (Å²) in [5.41, 5.74) is 1.22. The third-order valence-electron chi connectivity index (χ3n) is 8.36. The number of benzene rings is 4. The van der Waals surface area contributed by atoms with Crippen molar-refractivity contribution in [3.63, 3.8) is 0 Å². The molecule has 0 bridgehead atoms. The SMILES string of the molecule is CCCCCCCCc1ccc(O)c(S(=O)(=O)O)c1Oc1ccccc1.CCCCCCCCc1ccc([O-])c(S(=O)(=O)[O-])c1Oc1ccccc1.[Ca+2]. The molecule has 0 spiro atoms. The number of hydrogen-bond acceptors (Lipinski definition) is 9. The fourth-order valence-corrected chi connectivity index (χ4v) is 7.14. The second-order valence-corrected chi connectivity index (χ2v) is 15.3. The van der Waals surface area contributed by atoms with Crippen LogP contribution in [0.2, 0.25) is 0 Å². The molecule has 13 heteroatoms. The molecule has 2 N–H and O–H groups in total. The summed E-state index contributed by atoms with van der Waals surface area (Å²) in [5.74, 6) is -0.679. The summed E-state index contributed by atoms with van der Waals surface area (Å²) in [6, 6.07) is 22.9. The van der Waals surface area contributed by atoms with Gasteiger partial charge in [0, 0.05) is 0 Å². The van der Waals surface area contributed by atoms with Gasteiger partial charge in [0.1, 0.15) is 33.1 Å². The van der Waals surface area contributed by atoms with E-state index in [0.29, 0.717) is 35.5 Å². The van der Waals surface area contributed by atoms with Gasteiger partial charge in [-0.3, -0.25) is 4.55 Å². The minimum absolute atomic E-state index is 0. The van der Waals surface area contributed by atoms with E-state index in [1.165, 1.54) is 44.6 Å². The average Bonchev–Trinajstić information content (AvgIpc) is 3.09. The summed E-state index contributed by atoms with van der Waals surface area (Å²) in [7, 11) is -9.56. The van der Waals surface area contributed by atoms with E-state index >= 15 is 0 Å². The fourth-order valence-electron chi connectivity index (χ4n) is 5.69. The molecular weight excluding hydrogens is 745 g/mol. The zero-order chi connectivity index (χ0) is 38.0. The summed E-state index contributed by atoms with van der Waals surface area (Å²) in [6.07, 6.45) is 14.3. The first-order chi connectivity index (χ1) is 24.9. The number of aryl methyl sites for hydroxylation is 2. The van der Waals surface area contributed by atoms with Crippen LogP contribution < -0.4 is 14.6 Å². The molecule has 4 aromatic carbocycles. The Morgan fingerprint density at radius 3 is 1.38 bits per heavy atom. The quantitative estimate of drug-likeness (QED) is 0.0499. The topological polar surface area (TPSA) is 173 Å². The van der Waals surface area contributed by atoms with E-state index in [9.17, 15) is 36.2 Å². The van der Waals surface area contributed by atoms with Crippen LogP contribution in [0.5, 0.6) is 34.5 Å². The monoisotopic (exact) mass is 794 g/mol. The summed E-state index contributed by atoms with van der Waals surface area (Å²) in [6.45, 7) is 4.32. The van der Waals surface area contributed by atoms with Crippen LogP contribution in [0.3, 0.4) is 0 Å². The van der Waals surface area contributed by atoms with Gasteiger partial charge in [0.2, 0.25) is 0 Å². The summed E-state index contributed by atoms with van der Waals surface area (Å²) < 4.78 is 79.4. The third kappa shape index (κ3) is 15.8. The second kappa shape index (κ2) is 23.8. The molecule has 0 aliphatic carbocycles. The molecule has 4 rings (SSSR count). The Labute approximate surface area is 345 Å². The zero-order valence-corrected chi connectivity index (χ0v) is 34.5. The van der Waals surface area contributed by atoms with Gasteiger partial charge in [-0.25, -0.2) is 8.42 Å². The molecule has 0 aliphatic heterocycles. The van der Waals surface area contributed by atoms with Crippen LogP contribution in [0.1, 0.15) is 102 Å². The van der Waals surface area contributed by atoms with Crippen LogP contribution in [0.25, 0.3) is 0 Å². The Bertz CT molecular complexity index is 1750. The molecule has 0 saturated heterocycles. The number of rotatable bonds is 20. The van der Waals surface area contributed by atoms with Gasteiger partial charge in [-0.15, -0.1) is 0 Å². The molecule has 0 radical (unpaired) electrons. The van der Waals surface area contributed by atoms with Crippen LogP contribution in [0.15, 0.2) is 94.7 Å². The first-order valence-electron chi connectivity index (χ1n) is 17.9.